The van der Waals surface area contributed by atoms with Gasteiger partial charge in [-0.3, -0.25) is 4.79 Å². The van der Waals surface area contributed by atoms with E-state index in [2.05, 4.69) is 24.5 Å². The number of alkyl carbamates (subject to hydrolysis) is 1. The number of carbonyl (C=O) groups excluding carboxylic acids is 2. The van der Waals surface area contributed by atoms with E-state index < -0.39 is 11.2 Å². The van der Waals surface area contributed by atoms with E-state index in [0.717, 1.165) is 51.6 Å². The molecule has 0 atom stereocenters. The van der Waals surface area contributed by atoms with Crippen molar-refractivity contribution in [2.24, 2.45) is 11.8 Å². The number of amides is 1. The zero-order chi connectivity index (χ0) is 19.4. The maximum atomic E-state index is 12.6. The van der Waals surface area contributed by atoms with Crippen molar-refractivity contribution in [1.29, 1.82) is 0 Å². The Bertz CT molecular complexity index is 485. The van der Waals surface area contributed by atoms with Gasteiger partial charge in [0.15, 0.2) is 0 Å². The molecule has 3 N–H and O–H groups in total. The first-order valence-corrected chi connectivity index (χ1v) is 10.1. The molecular formula is C20H37N2O4+. The van der Waals surface area contributed by atoms with Gasteiger partial charge in [0.2, 0.25) is 0 Å². The van der Waals surface area contributed by atoms with E-state index in [4.69, 9.17) is 9.47 Å². The van der Waals surface area contributed by atoms with E-state index in [9.17, 15) is 9.59 Å². The Morgan fingerprint density at radius 1 is 0.885 bits per heavy atom. The smallest absolute Gasteiger partial charge is 0.407 e. The highest BCUT2D eigenvalue weighted by atomic mass is 16.6. The summed E-state index contributed by atoms with van der Waals surface area (Å²) in [6.45, 7) is 11.9. The number of rotatable bonds is 4. The van der Waals surface area contributed by atoms with Crippen molar-refractivity contribution in [1.82, 2.24) is 5.32 Å². The average Bonchev–Trinajstić information content (AvgIpc) is 2.54. The quantitative estimate of drug-likeness (QED) is 0.746. The Kier molecular flexibility index (Phi) is 6.94. The maximum Gasteiger partial charge on any atom is 0.407 e. The van der Waals surface area contributed by atoms with Gasteiger partial charge >= 0.3 is 12.1 Å². The van der Waals surface area contributed by atoms with Gasteiger partial charge in [-0.05, 0) is 60.3 Å². The van der Waals surface area contributed by atoms with E-state index in [0.29, 0.717) is 5.92 Å². The Morgan fingerprint density at radius 2 is 1.46 bits per heavy atom. The van der Waals surface area contributed by atoms with Crippen LogP contribution in [0.25, 0.3) is 0 Å². The predicted molar refractivity (Wildman–Crippen MR) is 99.7 cm³/mol. The third kappa shape index (κ3) is 6.45. The molecule has 1 amide bonds. The van der Waals surface area contributed by atoms with E-state index in [1.165, 1.54) is 0 Å². The predicted octanol–water partition coefficient (Wildman–Crippen LogP) is 2.37. The molecule has 0 unspecified atom stereocenters. The van der Waals surface area contributed by atoms with Crippen molar-refractivity contribution < 1.29 is 24.4 Å². The first-order chi connectivity index (χ1) is 12.1. The first-order valence-electron chi connectivity index (χ1n) is 10.1. The topological polar surface area (TPSA) is 81.2 Å². The normalized spacial score (nSPS) is 25.4. The molecule has 2 rings (SSSR count). The van der Waals surface area contributed by atoms with Crippen LogP contribution < -0.4 is 10.6 Å². The zero-order valence-corrected chi connectivity index (χ0v) is 17.1. The molecule has 0 bridgehead atoms. The molecule has 1 saturated heterocycles. The lowest BCUT2D eigenvalue weighted by atomic mass is 9.82. The highest BCUT2D eigenvalue weighted by Crippen LogP contribution is 2.32. The first kappa shape index (κ1) is 21.0. The monoisotopic (exact) mass is 369 g/mol. The number of hydrogen-bond acceptors (Lipinski definition) is 4. The van der Waals surface area contributed by atoms with Gasteiger partial charge in [-0.25, -0.2) is 4.79 Å². The summed E-state index contributed by atoms with van der Waals surface area (Å²) in [7, 11) is 0. The fraction of sp³-hybridized carbons (Fsp3) is 0.900. The number of quaternary nitrogens is 1. The van der Waals surface area contributed by atoms with Crippen molar-refractivity contribution in [2.75, 3.05) is 13.1 Å². The summed E-state index contributed by atoms with van der Waals surface area (Å²) in [5.41, 5.74) is -0.884. The molecule has 2 aliphatic rings. The molecule has 0 spiro atoms. The van der Waals surface area contributed by atoms with Crippen LogP contribution in [0.1, 0.15) is 73.1 Å². The Hall–Kier alpha value is -1.30. The number of hydrogen-bond donors (Lipinski definition) is 2. The lowest BCUT2D eigenvalue weighted by Crippen LogP contribution is -2.86. The molecular weight excluding hydrogens is 332 g/mol. The van der Waals surface area contributed by atoms with Crippen molar-refractivity contribution in [3.63, 3.8) is 0 Å². The maximum absolute atomic E-state index is 12.6. The van der Waals surface area contributed by atoms with Gasteiger partial charge in [-0.1, -0.05) is 0 Å². The lowest BCUT2D eigenvalue weighted by molar-refractivity contribution is -0.665. The Morgan fingerprint density at radius 3 is 2.00 bits per heavy atom. The molecule has 2 fully saturated rings. The molecule has 0 aromatic heterocycles. The number of piperidine rings is 1. The minimum atomic E-state index is -0.493. The van der Waals surface area contributed by atoms with Crippen molar-refractivity contribution >= 4 is 12.1 Å². The van der Waals surface area contributed by atoms with Crippen LogP contribution in [0.4, 0.5) is 4.79 Å². The second-order valence-electron chi connectivity index (χ2n) is 9.36. The summed E-state index contributed by atoms with van der Waals surface area (Å²) >= 11 is 0. The van der Waals surface area contributed by atoms with Crippen LogP contribution in [-0.2, 0) is 14.3 Å². The van der Waals surface area contributed by atoms with Crippen molar-refractivity contribution in [3.8, 4) is 0 Å². The van der Waals surface area contributed by atoms with Gasteiger partial charge < -0.3 is 20.1 Å². The summed E-state index contributed by atoms with van der Waals surface area (Å²) in [6.07, 6.45) is 4.93. The minimum absolute atomic E-state index is 0.0545. The third-order valence-corrected chi connectivity index (χ3v) is 5.57. The van der Waals surface area contributed by atoms with Crippen LogP contribution >= 0.6 is 0 Å². The molecule has 6 heteroatoms. The lowest BCUT2D eigenvalue weighted by Gasteiger charge is -2.37. The summed E-state index contributed by atoms with van der Waals surface area (Å²) < 4.78 is 11.2. The van der Waals surface area contributed by atoms with Gasteiger partial charge in [0.05, 0.1) is 19.0 Å². The average molecular weight is 370 g/mol. The molecule has 0 radical (unpaired) electrons. The van der Waals surface area contributed by atoms with E-state index in [-0.39, 0.29) is 24.0 Å². The highest BCUT2D eigenvalue weighted by Gasteiger charge is 2.38. The fourth-order valence-corrected chi connectivity index (χ4v) is 4.00. The molecule has 1 aliphatic heterocycles. The van der Waals surface area contributed by atoms with Crippen LogP contribution in [0.2, 0.25) is 0 Å². The van der Waals surface area contributed by atoms with Crippen molar-refractivity contribution in [2.45, 2.75) is 90.4 Å². The van der Waals surface area contributed by atoms with Gasteiger partial charge in [-0.15, -0.1) is 0 Å². The summed E-state index contributed by atoms with van der Waals surface area (Å²) in [6, 6.07) is 0.0794. The Balaban J connectivity index is 1.76. The van der Waals surface area contributed by atoms with Gasteiger partial charge in [0, 0.05) is 24.8 Å². The molecule has 6 nitrogen and oxygen atoms in total. The Labute approximate surface area is 157 Å². The minimum Gasteiger partial charge on any atom is -0.459 e. The molecule has 1 saturated carbocycles. The highest BCUT2D eigenvalue weighted by molar-refractivity contribution is 5.73. The summed E-state index contributed by atoms with van der Waals surface area (Å²) in [4.78, 5) is 24.5. The third-order valence-electron chi connectivity index (χ3n) is 5.57. The molecule has 0 aromatic rings. The van der Waals surface area contributed by atoms with Crippen LogP contribution in [0.5, 0.6) is 0 Å². The standard InChI is InChI=1S/C20H36N2O4/c1-19(2,3)26-18(24)22-16-8-6-14(7-9-16)17(23)25-20(4,5)15-10-12-21-13-11-15/h14-16,21H,6-13H2,1-5H3,(H,22,24)/p+1. The van der Waals surface area contributed by atoms with Crippen LogP contribution in [0.3, 0.4) is 0 Å². The number of nitrogens with two attached hydrogens (primary N) is 1. The summed E-state index contributed by atoms with van der Waals surface area (Å²) in [5, 5.41) is 5.24. The van der Waals surface area contributed by atoms with Gasteiger partial charge in [0.1, 0.15) is 11.2 Å². The number of carbonyl (C=O) groups is 2. The zero-order valence-electron chi connectivity index (χ0n) is 17.1. The van der Waals surface area contributed by atoms with E-state index in [1.54, 1.807) is 0 Å². The second kappa shape index (κ2) is 8.59. The van der Waals surface area contributed by atoms with Crippen LogP contribution in [0.15, 0.2) is 0 Å². The molecule has 150 valence electrons. The van der Waals surface area contributed by atoms with Gasteiger partial charge in [-0.2, -0.15) is 0 Å². The molecule has 26 heavy (non-hydrogen) atoms. The largest absolute Gasteiger partial charge is 0.459 e. The van der Waals surface area contributed by atoms with Crippen LogP contribution in [0, 0.1) is 11.8 Å². The molecule has 1 aliphatic carbocycles. The van der Waals surface area contributed by atoms with E-state index >= 15 is 0 Å². The molecule has 0 aromatic carbocycles. The van der Waals surface area contributed by atoms with Gasteiger partial charge in [0.25, 0.3) is 0 Å². The van der Waals surface area contributed by atoms with E-state index in [1.807, 2.05) is 20.8 Å². The van der Waals surface area contributed by atoms with Crippen molar-refractivity contribution in [3.05, 3.63) is 0 Å². The second-order valence-corrected chi connectivity index (χ2v) is 9.36. The number of esters is 1. The number of nitrogens with one attached hydrogen (secondary N) is 1. The fourth-order valence-electron chi connectivity index (χ4n) is 4.00. The van der Waals surface area contributed by atoms with Crippen LogP contribution in [-0.4, -0.2) is 42.4 Å². The molecule has 1 heterocycles. The SMILES string of the molecule is CC(C)(C)OC(=O)NC1CCC(C(=O)OC(C)(C)C2CC[NH2+]CC2)CC1. The number of ether oxygens (including phenoxy) is 2. The summed E-state index contributed by atoms with van der Waals surface area (Å²) in [5.74, 6) is 0.322.